The summed E-state index contributed by atoms with van der Waals surface area (Å²) in [5.74, 6) is 0.693. The van der Waals surface area contributed by atoms with E-state index in [4.69, 9.17) is 4.11 Å². The third-order valence-corrected chi connectivity index (χ3v) is 5.02. The minimum Gasteiger partial charge on any atom is -0.369 e. The van der Waals surface area contributed by atoms with Crippen molar-refractivity contribution < 1.29 is 8.91 Å². The number of benzene rings is 1. The fourth-order valence-electron chi connectivity index (χ4n) is 3.37. The number of para-hydroxylation sites is 1. The van der Waals surface area contributed by atoms with Crippen LogP contribution in [0.5, 0.6) is 0 Å². The van der Waals surface area contributed by atoms with E-state index in [0.29, 0.717) is 34.8 Å². The van der Waals surface area contributed by atoms with Crippen molar-refractivity contribution in [2.45, 2.75) is 19.8 Å². The highest BCUT2D eigenvalue weighted by Crippen LogP contribution is 2.27. The van der Waals surface area contributed by atoms with E-state index in [1.807, 2.05) is 37.4 Å². The van der Waals surface area contributed by atoms with Gasteiger partial charge >= 0.3 is 0 Å². The smallest absolute Gasteiger partial charge is 0.251 e. The Morgan fingerprint density at radius 2 is 1.94 bits per heavy atom. The highest BCUT2D eigenvalue weighted by Gasteiger charge is 2.15. The molecular formula is C23H25N7OS. The summed E-state index contributed by atoms with van der Waals surface area (Å²) in [6.07, 6.45) is 6.44. The van der Waals surface area contributed by atoms with Crippen LogP contribution in [0.25, 0.3) is 22.2 Å². The van der Waals surface area contributed by atoms with E-state index in [1.165, 1.54) is 18.6 Å². The second-order valence-corrected chi connectivity index (χ2v) is 7.15. The van der Waals surface area contributed by atoms with Gasteiger partial charge in [-0.05, 0) is 18.6 Å². The summed E-state index contributed by atoms with van der Waals surface area (Å²) in [6.45, 7) is 1.84. The molecule has 0 bridgehead atoms. The van der Waals surface area contributed by atoms with Crippen molar-refractivity contribution >= 4 is 36.1 Å². The normalized spacial score (nSPS) is 13.2. The van der Waals surface area contributed by atoms with E-state index in [9.17, 15) is 4.79 Å². The van der Waals surface area contributed by atoms with Crippen LogP contribution in [0, 0.1) is 6.92 Å². The van der Waals surface area contributed by atoms with Crippen LogP contribution in [0.4, 0.5) is 5.82 Å². The third-order valence-electron chi connectivity index (χ3n) is 5.02. The Labute approximate surface area is 197 Å². The van der Waals surface area contributed by atoms with Gasteiger partial charge in [0.05, 0.1) is 16.8 Å². The first-order valence-corrected chi connectivity index (χ1v) is 9.76. The molecule has 0 aliphatic carbocycles. The number of nitrogens with zero attached hydrogens (tertiary/aromatic N) is 5. The maximum Gasteiger partial charge on any atom is 0.251 e. The molecule has 164 valence electrons. The molecule has 0 aliphatic rings. The number of amides is 1. The van der Waals surface area contributed by atoms with Crippen LogP contribution >= 0.6 is 13.5 Å². The number of nitrogens with one attached hydrogen (secondary N) is 2. The highest BCUT2D eigenvalue weighted by molar-refractivity contribution is 7.59. The monoisotopic (exact) mass is 450 g/mol. The molecule has 0 fully saturated rings. The van der Waals surface area contributed by atoms with E-state index < -0.39 is 12.9 Å². The predicted molar refractivity (Wildman–Crippen MR) is 130 cm³/mol. The molecule has 1 atom stereocenters. The topological polar surface area (TPSA) is 106 Å². The number of carbonyl (C=O) groups is 1. The van der Waals surface area contributed by atoms with E-state index >= 15 is 0 Å². The molecule has 2 N–H and O–H groups in total. The standard InChI is InChI=1S/C23H23N7O.H2S/c1-14(17-5-4-6-18-19(23(31)24-3)7-8-25-22(17)18)10-28-21-9-20(29-13-30-21)16-11-26-15(2)27-12-16;/h4-9,11-14H,10H2,1-3H3,(H,24,31)(H,28,29,30);1H2/t14-;/m1./s1/i3D3;. The Balaban J connectivity index is 0.00000342. The molecule has 0 aliphatic heterocycles. The molecule has 4 rings (SSSR count). The summed E-state index contributed by atoms with van der Waals surface area (Å²) in [5, 5.41) is 5.96. The number of aromatic nitrogens is 5. The maximum absolute atomic E-state index is 12.5. The zero-order chi connectivity index (χ0) is 24.3. The minimum atomic E-state index is -2.57. The summed E-state index contributed by atoms with van der Waals surface area (Å²) in [7, 11) is 0. The van der Waals surface area contributed by atoms with Gasteiger partial charge in [0, 0.05) is 59.2 Å². The zero-order valence-corrected chi connectivity index (χ0v) is 18.6. The number of pyridine rings is 1. The number of aryl methyl sites for hydroxylation is 1. The van der Waals surface area contributed by atoms with Crippen LogP contribution in [0.2, 0.25) is 0 Å². The Morgan fingerprint density at radius 3 is 2.72 bits per heavy atom. The lowest BCUT2D eigenvalue weighted by atomic mass is 9.96. The van der Waals surface area contributed by atoms with E-state index in [0.717, 1.165) is 11.1 Å². The van der Waals surface area contributed by atoms with E-state index in [2.05, 4.69) is 30.2 Å². The van der Waals surface area contributed by atoms with Crippen molar-refractivity contribution in [1.82, 2.24) is 30.2 Å². The number of hydrogen-bond donors (Lipinski definition) is 2. The summed E-state index contributed by atoms with van der Waals surface area (Å²) in [6, 6.07) is 8.90. The fraction of sp³-hybridized carbons (Fsp3) is 0.217. The number of anilines is 1. The van der Waals surface area contributed by atoms with Gasteiger partial charge in [-0.2, -0.15) is 13.5 Å². The quantitative estimate of drug-likeness (QED) is 0.463. The number of carbonyl (C=O) groups excluding carboxylic acids is 1. The van der Waals surface area contributed by atoms with Crippen LogP contribution in [0.1, 0.15) is 38.7 Å². The van der Waals surface area contributed by atoms with E-state index in [-0.39, 0.29) is 25.0 Å². The molecule has 0 saturated heterocycles. The van der Waals surface area contributed by atoms with Crippen molar-refractivity contribution in [2.24, 2.45) is 0 Å². The van der Waals surface area contributed by atoms with Gasteiger partial charge in [0.1, 0.15) is 18.0 Å². The molecule has 0 radical (unpaired) electrons. The van der Waals surface area contributed by atoms with Crippen molar-refractivity contribution in [3.05, 3.63) is 72.2 Å². The summed E-state index contributed by atoms with van der Waals surface area (Å²) in [5.41, 5.74) is 3.35. The van der Waals surface area contributed by atoms with Crippen LogP contribution in [-0.2, 0) is 0 Å². The Hall–Kier alpha value is -3.59. The first-order valence-electron chi connectivity index (χ1n) is 11.3. The SMILES string of the molecule is S.[2H]C([2H])([2H])NC(=O)c1ccnc2c([C@H](C)CNc3cc(-c4cnc(C)nc4)ncn3)cccc12. The van der Waals surface area contributed by atoms with Crippen LogP contribution in [0.15, 0.2) is 55.2 Å². The number of rotatable bonds is 6. The second-order valence-electron chi connectivity index (χ2n) is 7.15. The Kier molecular flexibility index (Phi) is 6.06. The average Bonchev–Trinajstić information content (AvgIpc) is 2.81. The minimum absolute atomic E-state index is 0. The van der Waals surface area contributed by atoms with Gasteiger partial charge in [0.25, 0.3) is 5.91 Å². The average molecular weight is 451 g/mol. The van der Waals surface area contributed by atoms with Crippen molar-refractivity contribution in [2.75, 3.05) is 18.8 Å². The van der Waals surface area contributed by atoms with Gasteiger partial charge in [-0.15, -0.1) is 0 Å². The van der Waals surface area contributed by atoms with Crippen molar-refractivity contribution in [3.63, 3.8) is 0 Å². The van der Waals surface area contributed by atoms with Gasteiger partial charge in [0.2, 0.25) is 0 Å². The molecule has 3 aromatic heterocycles. The van der Waals surface area contributed by atoms with Gasteiger partial charge in [-0.1, -0.05) is 25.1 Å². The van der Waals surface area contributed by atoms with Gasteiger partial charge in [-0.3, -0.25) is 9.78 Å². The molecular weight excluding hydrogens is 422 g/mol. The second kappa shape index (κ2) is 10.1. The summed E-state index contributed by atoms with van der Waals surface area (Å²) in [4.78, 5) is 34.0. The third kappa shape index (κ3) is 4.83. The molecule has 0 saturated carbocycles. The lowest BCUT2D eigenvalue weighted by molar-refractivity contribution is 0.0964. The summed E-state index contributed by atoms with van der Waals surface area (Å²) >= 11 is 0. The fourth-order valence-corrected chi connectivity index (χ4v) is 3.37. The Morgan fingerprint density at radius 1 is 1.12 bits per heavy atom. The zero-order valence-electron chi connectivity index (χ0n) is 20.6. The molecule has 9 heteroatoms. The van der Waals surface area contributed by atoms with Crippen molar-refractivity contribution in [3.8, 4) is 11.3 Å². The lowest BCUT2D eigenvalue weighted by Gasteiger charge is -2.16. The first kappa shape index (κ1) is 19.1. The van der Waals surface area contributed by atoms with Gasteiger partial charge in [-0.25, -0.2) is 19.9 Å². The van der Waals surface area contributed by atoms with Gasteiger partial charge < -0.3 is 10.6 Å². The summed E-state index contributed by atoms with van der Waals surface area (Å²) < 4.78 is 21.9. The van der Waals surface area contributed by atoms with Crippen molar-refractivity contribution in [1.29, 1.82) is 0 Å². The van der Waals surface area contributed by atoms with Crippen LogP contribution < -0.4 is 10.6 Å². The molecule has 1 aromatic carbocycles. The van der Waals surface area contributed by atoms with Crippen LogP contribution in [0.3, 0.4) is 0 Å². The van der Waals surface area contributed by atoms with E-state index in [1.54, 1.807) is 18.5 Å². The predicted octanol–water partition coefficient (Wildman–Crippen LogP) is 3.48. The lowest BCUT2D eigenvalue weighted by Crippen LogP contribution is -2.18. The molecule has 1 amide bonds. The van der Waals surface area contributed by atoms with Crippen LogP contribution in [-0.4, -0.2) is 44.3 Å². The first-order chi connectivity index (χ1) is 16.2. The largest absolute Gasteiger partial charge is 0.369 e. The Bertz CT molecular complexity index is 1330. The highest BCUT2D eigenvalue weighted by atomic mass is 32.1. The molecule has 8 nitrogen and oxygen atoms in total. The maximum atomic E-state index is 12.5. The molecule has 0 unspecified atom stereocenters. The molecule has 3 heterocycles. The molecule has 0 spiro atoms. The number of fused-ring (bicyclic) bond motifs is 1. The number of hydrogen-bond acceptors (Lipinski definition) is 7. The molecule has 32 heavy (non-hydrogen) atoms. The molecule has 4 aromatic rings. The van der Waals surface area contributed by atoms with Gasteiger partial charge in [0.15, 0.2) is 0 Å².